The van der Waals surface area contributed by atoms with Crippen LogP contribution in [0.15, 0.2) is 60.8 Å². The van der Waals surface area contributed by atoms with E-state index in [-0.39, 0.29) is 5.91 Å². The molecule has 2 aromatic carbocycles. The van der Waals surface area contributed by atoms with Crippen LogP contribution in [-0.4, -0.2) is 32.3 Å². The van der Waals surface area contributed by atoms with Crippen LogP contribution < -0.4 is 4.74 Å². The summed E-state index contributed by atoms with van der Waals surface area (Å²) in [4.78, 5) is 14.7. The fraction of sp³-hybridized carbons (Fsp3) is 0.250. The lowest BCUT2D eigenvalue weighted by Gasteiger charge is -2.25. The van der Waals surface area contributed by atoms with Gasteiger partial charge in [0.2, 0.25) is 0 Å². The second kappa shape index (κ2) is 8.29. The molecule has 1 aromatic heterocycles. The number of rotatable bonds is 7. The Hall–Kier alpha value is -3.15. The maximum atomic E-state index is 13.0. The van der Waals surface area contributed by atoms with E-state index >= 15 is 0 Å². The molecule has 0 aliphatic heterocycles. The number of carbonyl (C=O) groups excluding carboxylic acids is 1. The number of hydrogen-bond acceptors (Lipinski definition) is 4. The molecule has 26 heavy (non-hydrogen) atoms. The molecule has 0 spiro atoms. The van der Waals surface area contributed by atoms with Gasteiger partial charge in [0.05, 0.1) is 12.7 Å². The minimum Gasteiger partial charge on any atom is -0.481 e. The first-order chi connectivity index (χ1) is 12.6. The Kier molecular flexibility index (Phi) is 5.63. The number of aryl methyl sites for hydroxylation is 1. The molecule has 134 valence electrons. The standard InChI is InChI=1S/C20H22N4O2/c1-15-7-6-10-19(11-15)26-16(2)20(25)24(14-18-12-21-23-22-18)13-17-8-4-3-5-9-17/h3-12,16H,13-14H2,1-2H3,(H,21,22,23)/t16-/m0/s1. The summed E-state index contributed by atoms with van der Waals surface area (Å²) in [5, 5.41) is 10.5. The lowest BCUT2D eigenvalue weighted by molar-refractivity contribution is -0.139. The number of hydrogen-bond donors (Lipinski definition) is 1. The Morgan fingerprint density at radius 2 is 1.96 bits per heavy atom. The molecule has 6 heteroatoms. The third-order valence-electron chi connectivity index (χ3n) is 4.00. The molecule has 1 heterocycles. The summed E-state index contributed by atoms with van der Waals surface area (Å²) in [5.41, 5.74) is 2.84. The predicted molar refractivity (Wildman–Crippen MR) is 98.3 cm³/mol. The minimum absolute atomic E-state index is 0.0987. The van der Waals surface area contributed by atoms with Crippen LogP contribution in [0.1, 0.15) is 23.7 Å². The molecule has 0 bridgehead atoms. The number of nitrogens with zero attached hydrogens (tertiary/aromatic N) is 3. The van der Waals surface area contributed by atoms with Gasteiger partial charge >= 0.3 is 0 Å². The average Bonchev–Trinajstić information content (AvgIpc) is 3.14. The Balaban J connectivity index is 1.74. The molecule has 0 saturated heterocycles. The molecular weight excluding hydrogens is 328 g/mol. The van der Waals surface area contributed by atoms with Crippen molar-refractivity contribution in [3.63, 3.8) is 0 Å². The summed E-state index contributed by atoms with van der Waals surface area (Å²) in [6, 6.07) is 17.5. The van der Waals surface area contributed by atoms with Crippen LogP contribution in [0.25, 0.3) is 0 Å². The van der Waals surface area contributed by atoms with Gasteiger partial charge in [-0.1, -0.05) is 42.5 Å². The van der Waals surface area contributed by atoms with Crippen LogP contribution >= 0.6 is 0 Å². The monoisotopic (exact) mass is 350 g/mol. The van der Waals surface area contributed by atoms with E-state index in [1.807, 2.05) is 61.5 Å². The SMILES string of the molecule is Cc1cccc(O[C@@H](C)C(=O)N(Cc2ccccc2)Cc2cn[nH]n2)c1. The van der Waals surface area contributed by atoms with Crippen molar-refractivity contribution in [1.29, 1.82) is 0 Å². The number of aromatic amines is 1. The van der Waals surface area contributed by atoms with Crippen LogP contribution in [0, 0.1) is 6.92 Å². The summed E-state index contributed by atoms with van der Waals surface area (Å²) in [6.07, 6.45) is 1.02. The Labute approximate surface area is 152 Å². The van der Waals surface area contributed by atoms with Crippen molar-refractivity contribution in [1.82, 2.24) is 20.3 Å². The van der Waals surface area contributed by atoms with Gasteiger partial charge in [0, 0.05) is 6.54 Å². The molecule has 0 fully saturated rings. The first kappa shape index (κ1) is 17.7. The topological polar surface area (TPSA) is 71.1 Å². The van der Waals surface area contributed by atoms with E-state index in [1.54, 1.807) is 18.0 Å². The fourth-order valence-electron chi connectivity index (χ4n) is 2.71. The van der Waals surface area contributed by atoms with E-state index in [1.165, 1.54) is 0 Å². The van der Waals surface area contributed by atoms with Crippen molar-refractivity contribution in [3.05, 3.63) is 77.6 Å². The smallest absolute Gasteiger partial charge is 0.264 e. The van der Waals surface area contributed by atoms with Gasteiger partial charge < -0.3 is 9.64 Å². The first-order valence-electron chi connectivity index (χ1n) is 8.52. The molecule has 6 nitrogen and oxygen atoms in total. The minimum atomic E-state index is -0.604. The zero-order valence-corrected chi connectivity index (χ0v) is 14.9. The van der Waals surface area contributed by atoms with E-state index in [9.17, 15) is 4.79 Å². The van der Waals surface area contributed by atoms with Gasteiger partial charge in [0.15, 0.2) is 6.10 Å². The number of ether oxygens (including phenoxy) is 1. The lowest BCUT2D eigenvalue weighted by atomic mass is 10.2. The van der Waals surface area contributed by atoms with Gasteiger partial charge in [-0.05, 0) is 37.1 Å². The number of H-pyrrole nitrogens is 1. The molecule has 1 amide bonds. The number of amides is 1. The molecule has 0 radical (unpaired) electrons. The Morgan fingerprint density at radius 3 is 2.65 bits per heavy atom. The van der Waals surface area contributed by atoms with Crippen LogP contribution in [0.5, 0.6) is 5.75 Å². The second-order valence-corrected chi connectivity index (χ2v) is 6.22. The van der Waals surface area contributed by atoms with Crippen molar-refractivity contribution in [3.8, 4) is 5.75 Å². The molecule has 0 aliphatic carbocycles. The van der Waals surface area contributed by atoms with E-state index in [0.29, 0.717) is 24.5 Å². The zero-order chi connectivity index (χ0) is 18.4. The first-order valence-corrected chi connectivity index (χ1v) is 8.52. The molecule has 1 N–H and O–H groups in total. The third kappa shape index (κ3) is 4.69. The molecule has 0 saturated carbocycles. The summed E-state index contributed by atoms with van der Waals surface area (Å²) in [5.74, 6) is 0.588. The number of benzene rings is 2. The number of aromatic nitrogens is 3. The molecule has 3 aromatic rings. The predicted octanol–water partition coefficient (Wildman–Crippen LogP) is 3.11. The van der Waals surface area contributed by atoms with Gasteiger partial charge in [0.1, 0.15) is 11.4 Å². The second-order valence-electron chi connectivity index (χ2n) is 6.22. The summed E-state index contributed by atoms with van der Waals surface area (Å²) >= 11 is 0. The fourth-order valence-corrected chi connectivity index (χ4v) is 2.71. The highest BCUT2D eigenvalue weighted by atomic mass is 16.5. The maximum Gasteiger partial charge on any atom is 0.264 e. The van der Waals surface area contributed by atoms with Gasteiger partial charge in [-0.2, -0.15) is 15.4 Å². The van der Waals surface area contributed by atoms with Crippen molar-refractivity contribution in [2.75, 3.05) is 0 Å². The van der Waals surface area contributed by atoms with Gasteiger partial charge in [-0.3, -0.25) is 4.79 Å². The Bertz CT molecular complexity index is 834. The van der Waals surface area contributed by atoms with Crippen molar-refractivity contribution in [2.45, 2.75) is 33.0 Å². The van der Waals surface area contributed by atoms with Gasteiger partial charge in [0.25, 0.3) is 5.91 Å². The quantitative estimate of drug-likeness (QED) is 0.711. The highest BCUT2D eigenvalue weighted by molar-refractivity contribution is 5.80. The summed E-state index contributed by atoms with van der Waals surface area (Å²) in [6.45, 7) is 4.61. The highest BCUT2D eigenvalue weighted by Crippen LogP contribution is 2.17. The molecule has 0 aliphatic rings. The van der Waals surface area contributed by atoms with Crippen LogP contribution in [0.2, 0.25) is 0 Å². The Morgan fingerprint density at radius 1 is 1.15 bits per heavy atom. The van der Waals surface area contributed by atoms with Gasteiger partial charge in [-0.25, -0.2) is 0 Å². The largest absolute Gasteiger partial charge is 0.481 e. The number of carbonyl (C=O) groups is 1. The third-order valence-corrected chi connectivity index (χ3v) is 4.00. The van der Waals surface area contributed by atoms with Crippen LogP contribution in [0.4, 0.5) is 0 Å². The van der Waals surface area contributed by atoms with Crippen LogP contribution in [-0.2, 0) is 17.9 Å². The van der Waals surface area contributed by atoms with Crippen LogP contribution in [0.3, 0.4) is 0 Å². The van der Waals surface area contributed by atoms with Crippen molar-refractivity contribution in [2.24, 2.45) is 0 Å². The van der Waals surface area contributed by atoms with E-state index in [2.05, 4.69) is 15.4 Å². The lowest BCUT2D eigenvalue weighted by Crippen LogP contribution is -2.39. The molecule has 1 atom stereocenters. The summed E-state index contributed by atoms with van der Waals surface area (Å²) < 4.78 is 5.86. The van der Waals surface area contributed by atoms with E-state index < -0.39 is 6.10 Å². The van der Waals surface area contributed by atoms with Gasteiger partial charge in [-0.15, -0.1) is 0 Å². The molecular formula is C20H22N4O2. The average molecular weight is 350 g/mol. The molecule has 3 rings (SSSR count). The molecule has 0 unspecified atom stereocenters. The summed E-state index contributed by atoms with van der Waals surface area (Å²) in [7, 11) is 0. The zero-order valence-electron chi connectivity index (χ0n) is 14.9. The normalized spacial score (nSPS) is 11.8. The maximum absolute atomic E-state index is 13.0. The van der Waals surface area contributed by atoms with E-state index in [4.69, 9.17) is 4.74 Å². The van der Waals surface area contributed by atoms with Crippen molar-refractivity contribution >= 4 is 5.91 Å². The number of nitrogens with one attached hydrogen (secondary N) is 1. The van der Waals surface area contributed by atoms with E-state index in [0.717, 1.165) is 11.1 Å². The van der Waals surface area contributed by atoms with Crippen molar-refractivity contribution < 1.29 is 9.53 Å². The highest BCUT2D eigenvalue weighted by Gasteiger charge is 2.23.